The van der Waals surface area contributed by atoms with E-state index < -0.39 is 5.97 Å². The Kier molecular flexibility index (Phi) is 4.23. The maximum atomic E-state index is 12.6. The van der Waals surface area contributed by atoms with Gasteiger partial charge >= 0.3 is 5.97 Å². The summed E-state index contributed by atoms with van der Waals surface area (Å²) >= 11 is 0. The van der Waals surface area contributed by atoms with Gasteiger partial charge in [0, 0.05) is 24.0 Å². The lowest BCUT2D eigenvalue weighted by atomic mass is 10.1. The van der Waals surface area contributed by atoms with Crippen molar-refractivity contribution >= 4 is 28.7 Å². The van der Waals surface area contributed by atoms with Crippen molar-refractivity contribution in [3.05, 3.63) is 47.9 Å². The second kappa shape index (κ2) is 6.71. The molecule has 0 saturated heterocycles. The number of pyridine rings is 1. The molecule has 2 heterocycles. The van der Waals surface area contributed by atoms with Crippen LogP contribution in [0.3, 0.4) is 0 Å². The summed E-state index contributed by atoms with van der Waals surface area (Å²) in [7, 11) is 2.78. The molecule has 1 aliphatic rings. The Balaban J connectivity index is 1.60. The van der Waals surface area contributed by atoms with Crippen LogP contribution in [-0.2, 0) is 4.74 Å². The second-order valence-corrected chi connectivity index (χ2v) is 6.35. The van der Waals surface area contributed by atoms with Gasteiger partial charge in [-0.25, -0.2) is 14.8 Å². The summed E-state index contributed by atoms with van der Waals surface area (Å²) in [6, 6.07) is 6.87. The topological polar surface area (TPSA) is 95.3 Å². The molecule has 27 heavy (non-hydrogen) atoms. The number of benzene rings is 1. The molecule has 1 aliphatic carbocycles. The van der Waals surface area contributed by atoms with Gasteiger partial charge in [-0.2, -0.15) is 0 Å². The van der Waals surface area contributed by atoms with Crippen LogP contribution < -0.4 is 10.1 Å². The van der Waals surface area contributed by atoms with Crippen molar-refractivity contribution in [3.8, 4) is 5.75 Å². The Hall–Kier alpha value is -3.42. The Morgan fingerprint density at radius 2 is 1.93 bits per heavy atom. The van der Waals surface area contributed by atoms with Crippen molar-refractivity contribution in [3.63, 3.8) is 0 Å². The molecule has 1 aromatic carbocycles. The first kappa shape index (κ1) is 17.0. The van der Waals surface area contributed by atoms with E-state index in [1.165, 1.54) is 26.5 Å². The third-order valence-corrected chi connectivity index (χ3v) is 4.44. The summed E-state index contributed by atoms with van der Waals surface area (Å²) in [6.45, 7) is 0. The molecule has 0 unspecified atom stereocenters. The minimum Gasteiger partial charge on any atom is -0.497 e. The standard InChI is InChI=1S/C19H18N4O4/c1-26-15-6-11(19(25)27-2)5-13(8-15)22-18(24)12-7-16-17(20-9-12)23(10-21-16)14-3-4-14/h5-10,14H,3-4H2,1-2H3,(H,22,24). The second-order valence-electron chi connectivity index (χ2n) is 6.35. The van der Waals surface area contributed by atoms with Crippen molar-refractivity contribution < 1.29 is 19.1 Å². The van der Waals surface area contributed by atoms with Crippen LogP contribution >= 0.6 is 0 Å². The third kappa shape index (κ3) is 3.33. The number of esters is 1. The number of methoxy groups -OCH3 is 2. The van der Waals surface area contributed by atoms with Gasteiger partial charge in [0.15, 0.2) is 5.65 Å². The lowest BCUT2D eigenvalue weighted by Gasteiger charge is -2.10. The summed E-state index contributed by atoms with van der Waals surface area (Å²) in [6.07, 6.45) is 5.56. The number of anilines is 1. The number of carbonyl (C=O) groups excluding carboxylic acids is 2. The van der Waals surface area contributed by atoms with Gasteiger partial charge in [0.2, 0.25) is 0 Å². The van der Waals surface area contributed by atoms with Gasteiger partial charge in [0.25, 0.3) is 5.91 Å². The highest BCUT2D eigenvalue weighted by Crippen LogP contribution is 2.36. The largest absolute Gasteiger partial charge is 0.497 e. The zero-order valence-electron chi connectivity index (χ0n) is 14.9. The van der Waals surface area contributed by atoms with Gasteiger partial charge in [-0.3, -0.25) is 4.79 Å². The van der Waals surface area contributed by atoms with Crippen molar-refractivity contribution in [1.82, 2.24) is 14.5 Å². The number of hydrogen-bond acceptors (Lipinski definition) is 6. The lowest BCUT2D eigenvalue weighted by Crippen LogP contribution is -2.13. The van der Waals surface area contributed by atoms with Gasteiger partial charge < -0.3 is 19.4 Å². The molecule has 0 radical (unpaired) electrons. The minimum absolute atomic E-state index is 0.281. The molecule has 1 N–H and O–H groups in total. The molecule has 8 nitrogen and oxygen atoms in total. The first-order valence-electron chi connectivity index (χ1n) is 8.50. The number of imidazole rings is 1. The van der Waals surface area contributed by atoms with E-state index in [1.54, 1.807) is 24.5 Å². The Bertz CT molecular complexity index is 1040. The predicted molar refractivity (Wildman–Crippen MR) is 98.1 cm³/mol. The quantitative estimate of drug-likeness (QED) is 0.698. The number of hydrogen-bond donors (Lipinski definition) is 1. The molecule has 138 valence electrons. The number of amides is 1. The van der Waals surface area contributed by atoms with E-state index in [0.717, 1.165) is 18.5 Å². The SMILES string of the molecule is COC(=O)c1cc(NC(=O)c2cnc3c(c2)ncn3C2CC2)cc(OC)c1. The van der Waals surface area contributed by atoms with Crippen LogP contribution in [0.25, 0.3) is 11.2 Å². The average Bonchev–Trinajstić information content (AvgIpc) is 3.45. The fraction of sp³-hybridized carbons (Fsp3) is 0.263. The number of nitrogens with zero attached hydrogens (tertiary/aromatic N) is 3. The molecule has 1 fully saturated rings. The van der Waals surface area contributed by atoms with Crippen LogP contribution in [0.15, 0.2) is 36.8 Å². The van der Waals surface area contributed by atoms with Crippen LogP contribution in [0.5, 0.6) is 5.75 Å². The monoisotopic (exact) mass is 366 g/mol. The summed E-state index contributed by atoms with van der Waals surface area (Å²) in [5.74, 6) is -0.433. The Morgan fingerprint density at radius 1 is 1.11 bits per heavy atom. The van der Waals surface area contributed by atoms with E-state index >= 15 is 0 Å². The van der Waals surface area contributed by atoms with Gasteiger partial charge in [-0.05, 0) is 31.0 Å². The number of nitrogens with one attached hydrogen (secondary N) is 1. The zero-order chi connectivity index (χ0) is 19.0. The smallest absolute Gasteiger partial charge is 0.338 e. The number of fused-ring (bicyclic) bond motifs is 1. The molecule has 1 saturated carbocycles. The molecule has 0 atom stereocenters. The maximum absolute atomic E-state index is 12.6. The molecule has 4 rings (SSSR count). The summed E-state index contributed by atoms with van der Waals surface area (Å²) < 4.78 is 12.0. The van der Waals surface area contributed by atoms with Crippen molar-refractivity contribution in [2.45, 2.75) is 18.9 Å². The number of rotatable bonds is 5. The van der Waals surface area contributed by atoms with E-state index in [0.29, 0.717) is 28.6 Å². The summed E-state index contributed by atoms with van der Waals surface area (Å²) in [5, 5.41) is 2.76. The highest BCUT2D eigenvalue weighted by atomic mass is 16.5. The van der Waals surface area contributed by atoms with Gasteiger partial charge in [0.1, 0.15) is 11.3 Å². The number of carbonyl (C=O) groups is 2. The van der Waals surface area contributed by atoms with E-state index in [9.17, 15) is 9.59 Å². The highest BCUT2D eigenvalue weighted by Gasteiger charge is 2.25. The molecule has 3 aromatic rings. The summed E-state index contributed by atoms with van der Waals surface area (Å²) in [4.78, 5) is 33.1. The molecule has 8 heteroatoms. The predicted octanol–water partition coefficient (Wildman–Crippen LogP) is 2.81. The summed E-state index contributed by atoms with van der Waals surface area (Å²) in [5.41, 5.74) is 2.54. The number of ether oxygens (including phenoxy) is 2. The van der Waals surface area contributed by atoms with Gasteiger partial charge in [0.05, 0.1) is 31.7 Å². The zero-order valence-corrected chi connectivity index (χ0v) is 14.9. The lowest BCUT2D eigenvalue weighted by molar-refractivity contribution is 0.0600. The Labute approximate surface area is 155 Å². The van der Waals surface area contributed by atoms with E-state index in [1.807, 2.05) is 4.57 Å². The average molecular weight is 366 g/mol. The molecular formula is C19H18N4O4. The molecule has 2 aromatic heterocycles. The molecule has 1 amide bonds. The Morgan fingerprint density at radius 3 is 2.63 bits per heavy atom. The van der Waals surface area contributed by atoms with Crippen molar-refractivity contribution in [2.24, 2.45) is 0 Å². The van der Waals surface area contributed by atoms with E-state index in [2.05, 4.69) is 15.3 Å². The normalized spacial score (nSPS) is 13.4. The van der Waals surface area contributed by atoms with Crippen LogP contribution in [0, 0.1) is 0 Å². The van der Waals surface area contributed by atoms with E-state index in [4.69, 9.17) is 9.47 Å². The fourth-order valence-electron chi connectivity index (χ4n) is 2.89. The van der Waals surface area contributed by atoms with Gasteiger partial charge in [-0.15, -0.1) is 0 Å². The van der Waals surface area contributed by atoms with E-state index in [-0.39, 0.29) is 11.5 Å². The van der Waals surface area contributed by atoms with Crippen LogP contribution in [0.1, 0.15) is 39.6 Å². The molecule has 0 bridgehead atoms. The number of aromatic nitrogens is 3. The van der Waals surface area contributed by atoms with Crippen LogP contribution in [0.2, 0.25) is 0 Å². The van der Waals surface area contributed by atoms with Crippen LogP contribution in [-0.4, -0.2) is 40.6 Å². The first-order valence-corrected chi connectivity index (χ1v) is 8.50. The highest BCUT2D eigenvalue weighted by molar-refractivity contribution is 6.06. The van der Waals surface area contributed by atoms with Crippen LogP contribution in [0.4, 0.5) is 5.69 Å². The fourth-order valence-corrected chi connectivity index (χ4v) is 2.89. The molecule has 0 aliphatic heterocycles. The maximum Gasteiger partial charge on any atom is 0.338 e. The van der Waals surface area contributed by atoms with Crippen molar-refractivity contribution in [2.75, 3.05) is 19.5 Å². The third-order valence-electron chi connectivity index (χ3n) is 4.44. The molecule has 0 spiro atoms. The van der Waals surface area contributed by atoms with Gasteiger partial charge in [-0.1, -0.05) is 0 Å². The molecular weight excluding hydrogens is 348 g/mol. The minimum atomic E-state index is -0.516. The first-order chi connectivity index (χ1) is 13.1. The van der Waals surface area contributed by atoms with Crippen molar-refractivity contribution in [1.29, 1.82) is 0 Å².